The van der Waals surface area contributed by atoms with Crippen LogP contribution >= 0.6 is 0 Å². The molecule has 0 radical (unpaired) electrons. The van der Waals surface area contributed by atoms with Gasteiger partial charge in [0.1, 0.15) is 12.2 Å². The lowest BCUT2D eigenvalue weighted by Gasteiger charge is -2.21. The van der Waals surface area contributed by atoms with Crippen molar-refractivity contribution in [3.63, 3.8) is 0 Å². The zero-order valence-electron chi connectivity index (χ0n) is 12.0. The number of methoxy groups -OCH3 is 1. The molecule has 5 nitrogen and oxygen atoms in total. The highest BCUT2D eigenvalue weighted by atomic mass is 19.4. The lowest BCUT2D eigenvalue weighted by molar-refractivity contribution is -0.145. The van der Waals surface area contributed by atoms with Crippen molar-refractivity contribution in [1.29, 1.82) is 0 Å². The molecule has 118 valence electrons. The van der Waals surface area contributed by atoms with E-state index in [1.807, 2.05) is 0 Å². The van der Waals surface area contributed by atoms with Gasteiger partial charge in [0.2, 0.25) is 0 Å². The minimum atomic E-state index is -4.41. The third-order valence-corrected chi connectivity index (χ3v) is 2.90. The Kier molecular flexibility index (Phi) is 5.40. The van der Waals surface area contributed by atoms with Crippen LogP contribution in [0.1, 0.15) is 17.4 Å². The minimum Gasteiger partial charge on any atom is -0.469 e. The molecule has 0 fully saturated rings. The normalized spacial score (nSPS) is 12.9. The van der Waals surface area contributed by atoms with E-state index >= 15 is 0 Å². The van der Waals surface area contributed by atoms with E-state index < -0.39 is 30.5 Å². The molecule has 1 heterocycles. The first-order valence-electron chi connectivity index (χ1n) is 6.21. The van der Waals surface area contributed by atoms with Crippen LogP contribution < -0.4 is 0 Å². The maximum absolute atomic E-state index is 12.4. The van der Waals surface area contributed by atoms with Gasteiger partial charge in [0.15, 0.2) is 0 Å². The van der Waals surface area contributed by atoms with Gasteiger partial charge in [-0.05, 0) is 12.1 Å². The number of nitrogens with zero attached hydrogens (tertiary/aromatic N) is 2. The zero-order chi connectivity index (χ0) is 16.2. The van der Waals surface area contributed by atoms with Crippen molar-refractivity contribution in [2.24, 2.45) is 5.92 Å². The SMILES string of the molecule is COC(=O)C(C)CN(C)C(=O)c1cccn1CC(F)(F)F. The lowest BCUT2D eigenvalue weighted by Crippen LogP contribution is -2.35. The molecule has 1 aromatic heterocycles. The number of esters is 1. The van der Waals surface area contributed by atoms with E-state index in [2.05, 4.69) is 4.74 Å². The molecule has 1 aromatic rings. The largest absolute Gasteiger partial charge is 0.469 e. The molecule has 0 aliphatic rings. The maximum atomic E-state index is 12.4. The Morgan fingerprint density at radius 3 is 2.57 bits per heavy atom. The molecule has 0 bridgehead atoms. The molecular weight excluding hydrogens is 289 g/mol. The van der Waals surface area contributed by atoms with E-state index in [1.165, 1.54) is 37.4 Å². The van der Waals surface area contributed by atoms with E-state index in [0.29, 0.717) is 0 Å². The first kappa shape index (κ1) is 17.1. The zero-order valence-corrected chi connectivity index (χ0v) is 12.0. The third-order valence-electron chi connectivity index (χ3n) is 2.90. The van der Waals surface area contributed by atoms with Crippen molar-refractivity contribution in [3.05, 3.63) is 24.0 Å². The lowest BCUT2D eigenvalue weighted by atomic mass is 10.1. The van der Waals surface area contributed by atoms with Gasteiger partial charge >= 0.3 is 12.1 Å². The number of carbonyl (C=O) groups excluding carboxylic acids is 2. The van der Waals surface area contributed by atoms with Crippen LogP contribution in [-0.2, 0) is 16.1 Å². The molecule has 8 heteroatoms. The van der Waals surface area contributed by atoms with Crippen LogP contribution in [0.3, 0.4) is 0 Å². The average Bonchev–Trinajstić information content (AvgIpc) is 2.82. The van der Waals surface area contributed by atoms with E-state index in [4.69, 9.17) is 0 Å². The summed E-state index contributed by atoms with van der Waals surface area (Å²) >= 11 is 0. The van der Waals surface area contributed by atoms with Crippen LogP contribution in [0.25, 0.3) is 0 Å². The van der Waals surface area contributed by atoms with Gasteiger partial charge in [-0.25, -0.2) is 0 Å². The molecule has 0 spiro atoms. The van der Waals surface area contributed by atoms with Crippen LogP contribution in [0.5, 0.6) is 0 Å². The van der Waals surface area contributed by atoms with Gasteiger partial charge in [-0.3, -0.25) is 9.59 Å². The standard InChI is InChI=1S/C13H17F3N2O3/c1-9(12(20)21-3)7-17(2)11(19)10-5-4-6-18(10)8-13(14,15)16/h4-6,9H,7-8H2,1-3H3. The van der Waals surface area contributed by atoms with Crippen molar-refractivity contribution in [3.8, 4) is 0 Å². The molecule has 0 N–H and O–H groups in total. The second-order valence-corrected chi connectivity index (χ2v) is 4.75. The predicted molar refractivity (Wildman–Crippen MR) is 68.6 cm³/mol. The molecule has 0 aliphatic carbocycles. The van der Waals surface area contributed by atoms with E-state index in [-0.39, 0.29) is 12.2 Å². The molecule has 1 unspecified atom stereocenters. The maximum Gasteiger partial charge on any atom is 0.406 e. The van der Waals surface area contributed by atoms with Gasteiger partial charge in [-0.2, -0.15) is 13.2 Å². The topological polar surface area (TPSA) is 51.5 Å². The highest BCUT2D eigenvalue weighted by Crippen LogP contribution is 2.19. The number of carbonyl (C=O) groups is 2. The van der Waals surface area contributed by atoms with Crippen molar-refractivity contribution in [1.82, 2.24) is 9.47 Å². The minimum absolute atomic E-state index is 0.0582. The summed E-state index contributed by atoms with van der Waals surface area (Å²) in [5.74, 6) is -1.63. The van der Waals surface area contributed by atoms with Gasteiger partial charge < -0.3 is 14.2 Å². The van der Waals surface area contributed by atoms with Crippen LogP contribution in [0.2, 0.25) is 0 Å². The summed E-state index contributed by atoms with van der Waals surface area (Å²) in [6.45, 7) is 0.397. The second-order valence-electron chi connectivity index (χ2n) is 4.75. The number of halogens is 3. The Bertz CT molecular complexity index is 511. The highest BCUT2D eigenvalue weighted by molar-refractivity contribution is 5.92. The van der Waals surface area contributed by atoms with Crippen molar-refractivity contribution in [2.45, 2.75) is 19.6 Å². The Balaban J connectivity index is 2.80. The Morgan fingerprint density at radius 1 is 1.43 bits per heavy atom. The average molecular weight is 306 g/mol. The quantitative estimate of drug-likeness (QED) is 0.781. The van der Waals surface area contributed by atoms with Gasteiger partial charge in [-0.15, -0.1) is 0 Å². The molecule has 0 aliphatic heterocycles. The number of alkyl halides is 3. The number of amides is 1. The summed E-state index contributed by atoms with van der Waals surface area (Å²) in [5.41, 5.74) is -0.0770. The van der Waals surface area contributed by atoms with Crippen LogP contribution in [-0.4, -0.2) is 48.2 Å². The van der Waals surface area contributed by atoms with E-state index in [1.54, 1.807) is 6.92 Å². The number of ether oxygens (including phenoxy) is 1. The number of aromatic nitrogens is 1. The van der Waals surface area contributed by atoms with Crippen molar-refractivity contribution < 1.29 is 27.5 Å². The summed E-state index contributed by atoms with van der Waals surface area (Å²) < 4.78 is 42.6. The number of rotatable bonds is 5. The first-order chi connectivity index (χ1) is 9.65. The van der Waals surface area contributed by atoms with Gasteiger partial charge in [0, 0.05) is 19.8 Å². The Morgan fingerprint density at radius 2 is 2.05 bits per heavy atom. The molecule has 1 atom stereocenters. The Labute approximate surface area is 120 Å². The fraction of sp³-hybridized carbons (Fsp3) is 0.538. The summed E-state index contributed by atoms with van der Waals surface area (Å²) in [4.78, 5) is 24.6. The summed E-state index contributed by atoms with van der Waals surface area (Å²) in [6, 6.07) is 2.68. The van der Waals surface area contributed by atoms with Crippen molar-refractivity contribution in [2.75, 3.05) is 20.7 Å². The molecular formula is C13H17F3N2O3. The van der Waals surface area contributed by atoms with Crippen molar-refractivity contribution >= 4 is 11.9 Å². The van der Waals surface area contributed by atoms with Gasteiger partial charge in [0.25, 0.3) is 5.91 Å². The van der Waals surface area contributed by atoms with E-state index in [9.17, 15) is 22.8 Å². The summed E-state index contributed by atoms with van der Waals surface area (Å²) in [5, 5.41) is 0. The first-order valence-corrected chi connectivity index (χ1v) is 6.21. The molecule has 0 aromatic carbocycles. The molecule has 0 saturated carbocycles. The fourth-order valence-electron chi connectivity index (χ4n) is 1.90. The summed E-state index contributed by atoms with van der Waals surface area (Å²) in [6.07, 6.45) is -3.22. The third kappa shape index (κ3) is 4.80. The second kappa shape index (κ2) is 6.64. The molecule has 0 saturated heterocycles. The van der Waals surface area contributed by atoms with E-state index in [0.717, 1.165) is 4.57 Å². The summed E-state index contributed by atoms with van der Waals surface area (Å²) in [7, 11) is 2.65. The monoisotopic (exact) mass is 306 g/mol. The molecule has 21 heavy (non-hydrogen) atoms. The molecule has 1 amide bonds. The van der Waals surface area contributed by atoms with Crippen LogP contribution in [0.15, 0.2) is 18.3 Å². The number of hydrogen-bond donors (Lipinski definition) is 0. The fourth-order valence-corrected chi connectivity index (χ4v) is 1.90. The van der Waals surface area contributed by atoms with Gasteiger partial charge in [0.05, 0.1) is 13.0 Å². The smallest absolute Gasteiger partial charge is 0.406 e. The molecule has 1 rings (SSSR count). The van der Waals surface area contributed by atoms with Crippen LogP contribution in [0, 0.1) is 5.92 Å². The number of hydrogen-bond acceptors (Lipinski definition) is 3. The highest BCUT2D eigenvalue weighted by Gasteiger charge is 2.30. The van der Waals surface area contributed by atoms with Gasteiger partial charge in [-0.1, -0.05) is 6.92 Å². The predicted octanol–water partition coefficient (Wildman–Crippen LogP) is 1.93. The Hall–Kier alpha value is -1.99. The van der Waals surface area contributed by atoms with Crippen LogP contribution in [0.4, 0.5) is 13.2 Å².